The molecule has 2 aliphatic rings. The number of hydrogen-bond acceptors (Lipinski definition) is 3. The summed E-state index contributed by atoms with van der Waals surface area (Å²) in [6, 6.07) is 0.784. The summed E-state index contributed by atoms with van der Waals surface area (Å²) < 4.78 is 0. The molecule has 0 saturated carbocycles. The van der Waals surface area contributed by atoms with Crippen molar-refractivity contribution >= 4 is 0 Å². The molecule has 0 amide bonds. The fraction of sp³-hybridized carbons (Fsp3) is 1.00. The quantitative estimate of drug-likeness (QED) is 0.769. The third kappa shape index (κ3) is 2.96. The topological polar surface area (TPSA) is 18.5 Å². The van der Waals surface area contributed by atoms with Crippen LogP contribution in [0.2, 0.25) is 0 Å². The van der Waals surface area contributed by atoms with E-state index in [1.165, 1.54) is 45.6 Å². The highest BCUT2D eigenvalue weighted by molar-refractivity contribution is 4.84. The zero-order chi connectivity index (χ0) is 11.5. The predicted molar refractivity (Wildman–Crippen MR) is 68.7 cm³/mol. The van der Waals surface area contributed by atoms with Gasteiger partial charge in [0.05, 0.1) is 0 Å². The first-order valence-corrected chi connectivity index (χ1v) is 6.76. The molecule has 16 heavy (non-hydrogen) atoms. The van der Waals surface area contributed by atoms with Gasteiger partial charge in [-0.2, -0.15) is 0 Å². The Morgan fingerprint density at radius 1 is 1.38 bits per heavy atom. The van der Waals surface area contributed by atoms with Gasteiger partial charge >= 0.3 is 0 Å². The molecular weight excluding hydrogens is 198 g/mol. The Labute approximate surface area is 100 Å². The monoisotopic (exact) mass is 225 g/mol. The van der Waals surface area contributed by atoms with E-state index in [0.717, 1.165) is 17.9 Å². The Bertz CT molecular complexity index is 219. The molecule has 0 aliphatic carbocycles. The fourth-order valence-corrected chi connectivity index (χ4v) is 3.13. The number of piperidine rings is 1. The largest absolute Gasteiger partial charge is 0.316 e. The molecule has 94 valence electrons. The molecule has 0 bridgehead atoms. The highest BCUT2D eigenvalue weighted by Gasteiger charge is 2.27. The van der Waals surface area contributed by atoms with E-state index in [4.69, 9.17) is 0 Å². The number of hydrogen-bond donors (Lipinski definition) is 1. The second-order valence-electron chi connectivity index (χ2n) is 5.89. The summed E-state index contributed by atoms with van der Waals surface area (Å²) in [6.07, 6.45) is 2.75. The van der Waals surface area contributed by atoms with Gasteiger partial charge in [-0.3, -0.25) is 0 Å². The molecule has 2 heterocycles. The SMILES string of the molecule is CC1CNCC1CN(C)C1CCCN(C)C1. The lowest BCUT2D eigenvalue weighted by atomic mass is 9.96. The second kappa shape index (κ2) is 5.48. The van der Waals surface area contributed by atoms with Gasteiger partial charge in [-0.25, -0.2) is 0 Å². The standard InChI is InChI=1S/C13H27N3/c1-11-7-14-8-12(11)9-16(3)13-5-4-6-15(2)10-13/h11-14H,4-10H2,1-3H3. The van der Waals surface area contributed by atoms with E-state index in [9.17, 15) is 0 Å². The Morgan fingerprint density at radius 3 is 2.81 bits per heavy atom. The Morgan fingerprint density at radius 2 is 2.19 bits per heavy atom. The van der Waals surface area contributed by atoms with E-state index in [1.54, 1.807) is 0 Å². The molecular formula is C13H27N3. The summed E-state index contributed by atoms with van der Waals surface area (Å²) in [5, 5.41) is 3.50. The molecule has 3 nitrogen and oxygen atoms in total. The lowest BCUT2D eigenvalue weighted by Crippen LogP contribution is -2.46. The first-order chi connectivity index (χ1) is 7.66. The minimum atomic E-state index is 0.784. The minimum Gasteiger partial charge on any atom is -0.316 e. The fourth-order valence-electron chi connectivity index (χ4n) is 3.13. The van der Waals surface area contributed by atoms with Crippen LogP contribution >= 0.6 is 0 Å². The van der Waals surface area contributed by atoms with Crippen LogP contribution in [-0.2, 0) is 0 Å². The van der Waals surface area contributed by atoms with Gasteiger partial charge in [0, 0.05) is 19.1 Å². The van der Waals surface area contributed by atoms with Crippen LogP contribution in [0.4, 0.5) is 0 Å². The van der Waals surface area contributed by atoms with Gasteiger partial charge in [-0.1, -0.05) is 6.92 Å². The van der Waals surface area contributed by atoms with Crippen molar-refractivity contribution in [1.82, 2.24) is 15.1 Å². The van der Waals surface area contributed by atoms with Gasteiger partial charge in [-0.15, -0.1) is 0 Å². The molecule has 2 fully saturated rings. The smallest absolute Gasteiger partial charge is 0.0220 e. The average Bonchev–Trinajstić information content (AvgIpc) is 2.64. The number of likely N-dealkylation sites (N-methyl/N-ethyl adjacent to an activating group) is 2. The van der Waals surface area contributed by atoms with Gasteiger partial charge in [-0.05, 0) is 58.4 Å². The average molecular weight is 225 g/mol. The van der Waals surface area contributed by atoms with E-state index >= 15 is 0 Å². The summed E-state index contributed by atoms with van der Waals surface area (Å²) in [6.45, 7) is 8.62. The summed E-state index contributed by atoms with van der Waals surface area (Å²) in [7, 11) is 4.56. The summed E-state index contributed by atoms with van der Waals surface area (Å²) in [5.74, 6) is 1.71. The Balaban J connectivity index is 1.80. The van der Waals surface area contributed by atoms with E-state index in [-0.39, 0.29) is 0 Å². The highest BCUT2D eigenvalue weighted by Crippen LogP contribution is 2.20. The Hall–Kier alpha value is -0.120. The summed E-state index contributed by atoms with van der Waals surface area (Å²) in [4.78, 5) is 5.07. The molecule has 3 atom stereocenters. The van der Waals surface area contributed by atoms with Crippen molar-refractivity contribution in [2.45, 2.75) is 25.8 Å². The van der Waals surface area contributed by atoms with Crippen molar-refractivity contribution in [2.75, 3.05) is 46.8 Å². The van der Waals surface area contributed by atoms with Crippen molar-refractivity contribution in [3.63, 3.8) is 0 Å². The van der Waals surface area contributed by atoms with Crippen molar-refractivity contribution in [3.05, 3.63) is 0 Å². The maximum atomic E-state index is 3.50. The van der Waals surface area contributed by atoms with Crippen LogP contribution in [0.15, 0.2) is 0 Å². The van der Waals surface area contributed by atoms with Crippen molar-refractivity contribution in [1.29, 1.82) is 0 Å². The van der Waals surface area contributed by atoms with E-state index in [1.807, 2.05) is 0 Å². The van der Waals surface area contributed by atoms with Crippen LogP contribution in [-0.4, -0.2) is 62.7 Å². The molecule has 3 unspecified atom stereocenters. The minimum absolute atomic E-state index is 0.784. The molecule has 0 spiro atoms. The second-order valence-corrected chi connectivity index (χ2v) is 5.89. The van der Waals surface area contributed by atoms with Crippen LogP contribution in [0.25, 0.3) is 0 Å². The lowest BCUT2D eigenvalue weighted by molar-refractivity contribution is 0.117. The van der Waals surface area contributed by atoms with Crippen LogP contribution in [0.1, 0.15) is 19.8 Å². The number of nitrogens with zero attached hydrogens (tertiary/aromatic N) is 2. The first kappa shape index (κ1) is 12.3. The van der Waals surface area contributed by atoms with E-state index in [2.05, 4.69) is 36.1 Å². The van der Waals surface area contributed by atoms with Gasteiger partial charge in [0.15, 0.2) is 0 Å². The van der Waals surface area contributed by atoms with Crippen LogP contribution < -0.4 is 5.32 Å². The number of likely N-dealkylation sites (tertiary alicyclic amines) is 1. The molecule has 2 rings (SSSR count). The van der Waals surface area contributed by atoms with Gasteiger partial charge in [0.25, 0.3) is 0 Å². The van der Waals surface area contributed by atoms with Crippen molar-refractivity contribution in [3.8, 4) is 0 Å². The van der Waals surface area contributed by atoms with Crippen LogP contribution in [0.5, 0.6) is 0 Å². The van der Waals surface area contributed by atoms with Crippen LogP contribution in [0.3, 0.4) is 0 Å². The number of rotatable bonds is 3. The van der Waals surface area contributed by atoms with Gasteiger partial charge < -0.3 is 15.1 Å². The Kier molecular flexibility index (Phi) is 4.22. The van der Waals surface area contributed by atoms with Crippen molar-refractivity contribution < 1.29 is 0 Å². The summed E-state index contributed by atoms with van der Waals surface area (Å²) in [5.41, 5.74) is 0. The van der Waals surface area contributed by atoms with Gasteiger partial charge in [0.1, 0.15) is 0 Å². The molecule has 3 heteroatoms. The summed E-state index contributed by atoms with van der Waals surface area (Å²) >= 11 is 0. The molecule has 0 radical (unpaired) electrons. The van der Waals surface area contributed by atoms with Gasteiger partial charge in [0.2, 0.25) is 0 Å². The maximum absolute atomic E-state index is 3.50. The normalized spacial score (nSPS) is 37.1. The van der Waals surface area contributed by atoms with Crippen LogP contribution in [0, 0.1) is 11.8 Å². The van der Waals surface area contributed by atoms with E-state index < -0.39 is 0 Å². The maximum Gasteiger partial charge on any atom is 0.0220 e. The molecule has 0 aromatic carbocycles. The lowest BCUT2D eigenvalue weighted by Gasteiger charge is -2.37. The highest BCUT2D eigenvalue weighted by atomic mass is 15.2. The zero-order valence-corrected chi connectivity index (χ0v) is 11.1. The molecule has 2 saturated heterocycles. The molecule has 0 aromatic heterocycles. The van der Waals surface area contributed by atoms with Crippen molar-refractivity contribution in [2.24, 2.45) is 11.8 Å². The first-order valence-electron chi connectivity index (χ1n) is 6.76. The third-order valence-electron chi connectivity index (χ3n) is 4.42. The predicted octanol–water partition coefficient (Wildman–Crippen LogP) is 0.868. The van der Waals surface area contributed by atoms with E-state index in [0.29, 0.717) is 0 Å². The molecule has 0 aromatic rings. The zero-order valence-electron chi connectivity index (χ0n) is 11.1. The molecule has 1 N–H and O–H groups in total. The third-order valence-corrected chi connectivity index (χ3v) is 4.42. The number of nitrogens with one attached hydrogen (secondary N) is 1. The molecule has 2 aliphatic heterocycles.